The number of anilines is 2. The molecule has 2 N–H and O–H groups in total. The highest BCUT2D eigenvalue weighted by Gasteiger charge is 2.59. The van der Waals surface area contributed by atoms with Crippen LogP contribution in [0.4, 0.5) is 11.4 Å². The Morgan fingerprint density at radius 3 is 1.85 bits per heavy atom. The summed E-state index contributed by atoms with van der Waals surface area (Å²) in [5, 5.41) is 0. The van der Waals surface area contributed by atoms with Crippen molar-refractivity contribution < 1.29 is 9.59 Å². The number of benzene rings is 2. The lowest BCUT2D eigenvalue weighted by atomic mass is 9.85. The first kappa shape index (κ1) is 15.4. The Morgan fingerprint density at radius 1 is 0.808 bits per heavy atom. The van der Waals surface area contributed by atoms with Crippen LogP contribution in [0.3, 0.4) is 0 Å². The molecular formula is C22H20N2O2. The molecule has 2 bridgehead atoms. The van der Waals surface area contributed by atoms with Crippen molar-refractivity contribution in [1.29, 1.82) is 0 Å². The number of imide groups is 1. The number of hydrogen-bond donors (Lipinski definition) is 1. The predicted octanol–water partition coefficient (Wildman–Crippen LogP) is 3.17. The number of nitrogens with two attached hydrogens (primary N) is 1. The summed E-state index contributed by atoms with van der Waals surface area (Å²) in [6.07, 6.45) is 6.00. The molecule has 4 nitrogen and oxygen atoms in total. The zero-order valence-electron chi connectivity index (χ0n) is 14.3. The molecule has 1 saturated carbocycles. The molecule has 2 aromatic rings. The quantitative estimate of drug-likeness (QED) is 0.528. The van der Waals surface area contributed by atoms with Gasteiger partial charge in [-0.2, -0.15) is 0 Å². The van der Waals surface area contributed by atoms with E-state index in [0.717, 1.165) is 24.1 Å². The predicted molar refractivity (Wildman–Crippen MR) is 100 cm³/mol. The molecule has 2 aromatic carbocycles. The van der Waals surface area contributed by atoms with Gasteiger partial charge in [0, 0.05) is 5.69 Å². The molecule has 2 fully saturated rings. The first-order valence-corrected chi connectivity index (χ1v) is 9.11. The van der Waals surface area contributed by atoms with Gasteiger partial charge >= 0.3 is 0 Å². The van der Waals surface area contributed by atoms with Crippen LogP contribution in [0.5, 0.6) is 0 Å². The Bertz CT molecular complexity index is 884. The number of fused-ring (bicyclic) bond motifs is 5. The molecule has 5 rings (SSSR count). The van der Waals surface area contributed by atoms with Crippen LogP contribution >= 0.6 is 0 Å². The van der Waals surface area contributed by atoms with E-state index in [1.54, 1.807) is 0 Å². The Labute approximate surface area is 152 Å². The van der Waals surface area contributed by atoms with E-state index in [1.807, 2.05) is 48.5 Å². The summed E-state index contributed by atoms with van der Waals surface area (Å²) in [5.41, 5.74) is 9.48. The minimum absolute atomic E-state index is 0.0249. The fourth-order valence-corrected chi connectivity index (χ4v) is 4.79. The molecule has 0 unspecified atom stereocenters. The zero-order chi connectivity index (χ0) is 17.8. The molecule has 0 aromatic heterocycles. The van der Waals surface area contributed by atoms with Crippen molar-refractivity contribution in [2.75, 3.05) is 10.6 Å². The van der Waals surface area contributed by atoms with E-state index in [0.29, 0.717) is 5.69 Å². The van der Waals surface area contributed by atoms with Gasteiger partial charge in [0.05, 0.1) is 17.5 Å². The van der Waals surface area contributed by atoms with E-state index in [9.17, 15) is 9.59 Å². The molecule has 1 saturated heterocycles. The van der Waals surface area contributed by atoms with Crippen LogP contribution in [0.25, 0.3) is 0 Å². The monoisotopic (exact) mass is 344 g/mol. The molecule has 4 heteroatoms. The lowest BCUT2D eigenvalue weighted by Crippen LogP contribution is -2.32. The number of hydrogen-bond acceptors (Lipinski definition) is 3. The van der Waals surface area contributed by atoms with Crippen LogP contribution in [0.1, 0.15) is 17.5 Å². The van der Waals surface area contributed by atoms with E-state index >= 15 is 0 Å². The van der Waals surface area contributed by atoms with E-state index in [2.05, 4.69) is 12.2 Å². The molecule has 0 spiro atoms. The minimum Gasteiger partial charge on any atom is -0.399 e. The van der Waals surface area contributed by atoms with Gasteiger partial charge in [-0.15, -0.1) is 0 Å². The number of carbonyl (C=O) groups excluding carboxylic acids is 2. The van der Waals surface area contributed by atoms with Crippen LogP contribution in [-0.4, -0.2) is 11.8 Å². The Morgan fingerprint density at radius 2 is 1.31 bits per heavy atom. The normalized spacial score (nSPS) is 28.8. The lowest BCUT2D eigenvalue weighted by Gasteiger charge is -2.17. The van der Waals surface area contributed by atoms with E-state index < -0.39 is 0 Å². The fraction of sp³-hybridized carbons (Fsp3) is 0.273. The third-order valence-electron chi connectivity index (χ3n) is 6.05. The van der Waals surface area contributed by atoms with Crippen LogP contribution in [0.2, 0.25) is 0 Å². The number of nitrogens with zero attached hydrogens (tertiary/aromatic N) is 1. The van der Waals surface area contributed by atoms with Crippen LogP contribution in [0, 0.1) is 23.7 Å². The van der Waals surface area contributed by atoms with Crippen molar-refractivity contribution >= 4 is 23.2 Å². The minimum atomic E-state index is -0.146. The van der Waals surface area contributed by atoms with Crippen LogP contribution in [0.15, 0.2) is 60.7 Å². The first-order chi connectivity index (χ1) is 12.6. The van der Waals surface area contributed by atoms with Gasteiger partial charge in [0.15, 0.2) is 0 Å². The second kappa shape index (κ2) is 5.56. The summed E-state index contributed by atoms with van der Waals surface area (Å²) in [7, 11) is 0. The van der Waals surface area contributed by atoms with Crippen molar-refractivity contribution in [3.05, 3.63) is 71.8 Å². The third kappa shape index (κ3) is 2.22. The highest BCUT2D eigenvalue weighted by Crippen LogP contribution is 2.53. The maximum atomic E-state index is 12.9. The molecule has 0 radical (unpaired) electrons. The molecule has 1 heterocycles. The number of amides is 2. The summed E-state index contributed by atoms with van der Waals surface area (Å²) in [6.45, 7) is 0. The van der Waals surface area contributed by atoms with Gasteiger partial charge in [0.25, 0.3) is 0 Å². The van der Waals surface area contributed by atoms with Crippen molar-refractivity contribution in [1.82, 2.24) is 0 Å². The summed E-state index contributed by atoms with van der Waals surface area (Å²) < 4.78 is 0. The molecule has 4 atom stereocenters. The van der Waals surface area contributed by atoms with Crippen molar-refractivity contribution in [3.8, 4) is 0 Å². The van der Waals surface area contributed by atoms with Gasteiger partial charge in [-0.1, -0.05) is 36.4 Å². The molecule has 2 amide bonds. The smallest absolute Gasteiger partial charge is 0.238 e. The number of rotatable bonds is 3. The van der Waals surface area contributed by atoms with E-state index in [-0.39, 0.29) is 35.5 Å². The van der Waals surface area contributed by atoms with Crippen molar-refractivity contribution in [2.45, 2.75) is 12.8 Å². The molecule has 130 valence electrons. The van der Waals surface area contributed by atoms with Gasteiger partial charge < -0.3 is 5.73 Å². The van der Waals surface area contributed by atoms with Gasteiger partial charge in [-0.05, 0) is 60.1 Å². The van der Waals surface area contributed by atoms with E-state index in [4.69, 9.17) is 5.73 Å². The molecule has 26 heavy (non-hydrogen) atoms. The first-order valence-electron chi connectivity index (χ1n) is 9.11. The Hall–Kier alpha value is -2.88. The van der Waals surface area contributed by atoms with E-state index in [1.165, 1.54) is 10.5 Å². The Balaban J connectivity index is 1.37. The average molecular weight is 344 g/mol. The third-order valence-corrected chi connectivity index (χ3v) is 6.05. The fourth-order valence-electron chi connectivity index (χ4n) is 4.79. The summed E-state index contributed by atoms with van der Waals surface area (Å²) in [5.74, 6) is 0.151. The molecular weight excluding hydrogens is 324 g/mol. The highest BCUT2D eigenvalue weighted by atomic mass is 16.2. The van der Waals surface area contributed by atoms with Gasteiger partial charge in [-0.25, -0.2) is 0 Å². The topological polar surface area (TPSA) is 63.4 Å². The molecule has 1 aliphatic heterocycles. The van der Waals surface area contributed by atoms with Crippen LogP contribution in [-0.2, 0) is 16.0 Å². The number of carbonyl (C=O) groups is 2. The SMILES string of the molecule is Nc1ccc(Cc2ccc(N3C(=O)[C@@H]4[C@H](C3=O)[C@H]3C=C[C@@H]4C3)cc2)cc1. The summed E-state index contributed by atoms with van der Waals surface area (Å²) >= 11 is 0. The average Bonchev–Trinajstić information content (AvgIpc) is 3.32. The highest BCUT2D eigenvalue weighted by molar-refractivity contribution is 6.22. The summed E-state index contributed by atoms with van der Waals surface area (Å²) in [4.78, 5) is 27.1. The van der Waals surface area contributed by atoms with Gasteiger partial charge in [0.2, 0.25) is 11.8 Å². The second-order valence-electron chi connectivity index (χ2n) is 7.60. The largest absolute Gasteiger partial charge is 0.399 e. The number of allylic oxidation sites excluding steroid dienone is 2. The maximum absolute atomic E-state index is 12.9. The van der Waals surface area contributed by atoms with Crippen molar-refractivity contribution in [3.63, 3.8) is 0 Å². The standard InChI is InChI=1S/C22H20N2O2/c23-17-7-1-13(2-8-17)11-14-3-9-18(10-4-14)24-21(25)19-15-5-6-16(12-15)20(19)22(24)26/h1-10,15-16,19-20H,11-12,23H2/t15-,16+,19+,20-. The molecule has 2 aliphatic carbocycles. The second-order valence-corrected chi connectivity index (χ2v) is 7.60. The zero-order valence-corrected chi connectivity index (χ0v) is 14.3. The van der Waals surface area contributed by atoms with Crippen LogP contribution < -0.4 is 10.6 Å². The maximum Gasteiger partial charge on any atom is 0.238 e. The Kier molecular flexibility index (Phi) is 3.29. The summed E-state index contributed by atoms with van der Waals surface area (Å²) in [6, 6.07) is 15.6. The lowest BCUT2D eigenvalue weighted by molar-refractivity contribution is -0.123. The number of nitrogen functional groups attached to an aromatic ring is 1. The van der Waals surface area contributed by atoms with Gasteiger partial charge in [0.1, 0.15) is 0 Å². The van der Waals surface area contributed by atoms with Gasteiger partial charge in [-0.3, -0.25) is 14.5 Å². The molecule has 3 aliphatic rings. The van der Waals surface area contributed by atoms with Crippen molar-refractivity contribution in [2.24, 2.45) is 23.7 Å².